The molecule has 2 heterocycles. The minimum Gasteiger partial charge on any atom is -0.492 e. The van der Waals surface area contributed by atoms with Crippen molar-refractivity contribution in [3.05, 3.63) is 27.7 Å². The monoisotopic (exact) mass is 302 g/mol. The third-order valence-corrected chi connectivity index (χ3v) is 4.35. The van der Waals surface area contributed by atoms with Crippen LogP contribution in [0.4, 0.5) is 0 Å². The molecule has 0 radical (unpaired) electrons. The van der Waals surface area contributed by atoms with Gasteiger partial charge in [0.1, 0.15) is 5.75 Å². The topological polar surface area (TPSA) is 33.6 Å². The van der Waals surface area contributed by atoms with E-state index in [1.54, 1.807) is 17.8 Å². The van der Waals surface area contributed by atoms with Crippen molar-refractivity contribution in [2.24, 2.45) is 4.99 Å². The Morgan fingerprint density at radius 1 is 1.39 bits per heavy atom. The minimum absolute atomic E-state index is 0.175. The Labute approximate surface area is 120 Å². The lowest BCUT2D eigenvalue weighted by molar-refractivity contribution is 0.263. The molecular formula is C12H12Cl2N2OS. The van der Waals surface area contributed by atoms with E-state index in [9.17, 15) is 0 Å². The van der Waals surface area contributed by atoms with Gasteiger partial charge in [0.15, 0.2) is 5.17 Å². The van der Waals surface area contributed by atoms with Gasteiger partial charge in [0.25, 0.3) is 0 Å². The Balaban J connectivity index is 1.90. The second-order valence-corrected chi connectivity index (χ2v) is 6.10. The quantitative estimate of drug-likeness (QED) is 0.862. The summed E-state index contributed by atoms with van der Waals surface area (Å²) in [4.78, 5) is 4.41. The molecule has 2 aliphatic rings. The van der Waals surface area contributed by atoms with Crippen LogP contribution in [-0.4, -0.2) is 24.1 Å². The second-order valence-electron chi connectivity index (χ2n) is 4.18. The van der Waals surface area contributed by atoms with Crippen molar-refractivity contribution in [2.75, 3.05) is 18.9 Å². The number of benzene rings is 1. The van der Waals surface area contributed by atoms with Crippen molar-refractivity contribution >= 4 is 40.1 Å². The number of nitrogens with one attached hydrogen (secondary N) is 1. The lowest BCUT2D eigenvalue weighted by Crippen LogP contribution is -2.30. The third kappa shape index (κ3) is 2.42. The molecule has 0 amide bonds. The van der Waals surface area contributed by atoms with E-state index in [4.69, 9.17) is 27.9 Å². The molecule has 1 aromatic carbocycles. The zero-order valence-electron chi connectivity index (χ0n) is 9.58. The molecule has 3 rings (SSSR count). The average molecular weight is 303 g/mol. The van der Waals surface area contributed by atoms with Gasteiger partial charge < -0.3 is 10.1 Å². The van der Waals surface area contributed by atoms with Gasteiger partial charge in [-0.05, 0) is 12.1 Å². The standard InChI is InChI=1S/C12H12Cl2N2OS/c13-7-5-8-10(16-12-15-2-4-18-12)1-3-17-11(8)9(14)6-7/h5-6,10H,1-4H2,(H,15,16). The molecule has 1 N–H and O–H groups in total. The summed E-state index contributed by atoms with van der Waals surface area (Å²) in [5.74, 6) is 1.79. The van der Waals surface area contributed by atoms with Crippen LogP contribution in [0.5, 0.6) is 5.75 Å². The maximum Gasteiger partial charge on any atom is 0.157 e. The summed E-state index contributed by atoms with van der Waals surface area (Å²) in [5.41, 5.74) is 1.02. The Morgan fingerprint density at radius 2 is 2.28 bits per heavy atom. The van der Waals surface area contributed by atoms with E-state index in [0.29, 0.717) is 16.7 Å². The zero-order valence-corrected chi connectivity index (χ0v) is 11.9. The van der Waals surface area contributed by atoms with Crippen molar-refractivity contribution in [1.82, 2.24) is 5.32 Å². The molecule has 1 atom stereocenters. The first-order valence-electron chi connectivity index (χ1n) is 5.79. The van der Waals surface area contributed by atoms with E-state index >= 15 is 0 Å². The van der Waals surface area contributed by atoms with Crippen LogP contribution in [0, 0.1) is 0 Å². The van der Waals surface area contributed by atoms with Gasteiger partial charge in [-0.15, -0.1) is 0 Å². The van der Waals surface area contributed by atoms with Crippen LogP contribution in [0.1, 0.15) is 18.0 Å². The lowest BCUT2D eigenvalue weighted by atomic mass is 10.0. The molecule has 6 heteroatoms. The van der Waals surface area contributed by atoms with Crippen molar-refractivity contribution in [1.29, 1.82) is 0 Å². The van der Waals surface area contributed by atoms with E-state index in [1.807, 2.05) is 6.07 Å². The molecule has 96 valence electrons. The molecule has 0 aliphatic carbocycles. The second kappa shape index (κ2) is 5.19. The molecular weight excluding hydrogens is 291 g/mol. The van der Waals surface area contributed by atoms with E-state index in [0.717, 1.165) is 35.2 Å². The lowest BCUT2D eigenvalue weighted by Gasteiger charge is -2.28. The smallest absolute Gasteiger partial charge is 0.157 e. The Hall–Kier alpha value is -0.580. The number of fused-ring (bicyclic) bond motifs is 1. The summed E-state index contributed by atoms with van der Waals surface area (Å²) in [6, 6.07) is 3.81. The van der Waals surface area contributed by atoms with Crippen LogP contribution < -0.4 is 10.1 Å². The van der Waals surface area contributed by atoms with Crippen LogP contribution in [0.15, 0.2) is 17.1 Å². The highest BCUT2D eigenvalue weighted by atomic mass is 35.5. The normalized spacial score (nSPS) is 22.1. The largest absolute Gasteiger partial charge is 0.492 e. The van der Waals surface area contributed by atoms with Crippen LogP contribution in [0.2, 0.25) is 10.0 Å². The van der Waals surface area contributed by atoms with Gasteiger partial charge in [-0.2, -0.15) is 0 Å². The Kier molecular flexibility index (Phi) is 3.59. The molecule has 0 bridgehead atoms. The third-order valence-electron chi connectivity index (χ3n) is 2.95. The van der Waals surface area contributed by atoms with Crippen molar-refractivity contribution in [3.63, 3.8) is 0 Å². The minimum atomic E-state index is 0.175. The first-order valence-corrected chi connectivity index (χ1v) is 7.54. The van der Waals surface area contributed by atoms with Crippen LogP contribution >= 0.6 is 35.0 Å². The van der Waals surface area contributed by atoms with Gasteiger partial charge in [-0.3, -0.25) is 4.99 Å². The van der Waals surface area contributed by atoms with Crippen LogP contribution in [-0.2, 0) is 0 Å². The summed E-state index contributed by atoms with van der Waals surface area (Å²) in [7, 11) is 0. The van der Waals surface area contributed by atoms with Gasteiger partial charge in [-0.1, -0.05) is 35.0 Å². The van der Waals surface area contributed by atoms with E-state index in [1.165, 1.54) is 0 Å². The van der Waals surface area contributed by atoms with Gasteiger partial charge in [-0.25, -0.2) is 0 Å². The highest BCUT2D eigenvalue weighted by Gasteiger charge is 2.25. The number of thioether (sulfide) groups is 1. The fourth-order valence-electron chi connectivity index (χ4n) is 2.15. The van der Waals surface area contributed by atoms with E-state index in [-0.39, 0.29) is 6.04 Å². The molecule has 18 heavy (non-hydrogen) atoms. The fourth-order valence-corrected chi connectivity index (χ4v) is 3.49. The molecule has 0 spiro atoms. The molecule has 0 aromatic heterocycles. The van der Waals surface area contributed by atoms with Gasteiger partial charge in [0.2, 0.25) is 0 Å². The Morgan fingerprint density at radius 3 is 3.06 bits per heavy atom. The molecule has 0 fully saturated rings. The number of nitrogens with zero attached hydrogens (tertiary/aromatic N) is 1. The maximum atomic E-state index is 6.16. The molecule has 0 saturated heterocycles. The summed E-state index contributed by atoms with van der Waals surface area (Å²) in [6.07, 6.45) is 0.892. The van der Waals surface area contributed by atoms with Gasteiger partial charge >= 0.3 is 0 Å². The number of rotatable bonds is 1. The SMILES string of the molecule is Clc1cc(Cl)c2c(c1)C(NC1=NCCS1)CCO2. The number of ether oxygens (including phenoxy) is 1. The van der Waals surface area contributed by atoms with E-state index in [2.05, 4.69) is 10.3 Å². The number of hydrogen-bond acceptors (Lipinski definition) is 4. The molecule has 3 nitrogen and oxygen atoms in total. The Bertz CT molecular complexity index is 507. The predicted octanol–water partition coefficient (Wildman–Crippen LogP) is 3.51. The average Bonchev–Trinajstić information content (AvgIpc) is 2.83. The first-order chi connectivity index (χ1) is 8.74. The number of amidine groups is 1. The molecule has 1 aromatic rings. The highest BCUT2D eigenvalue weighted by Crippen LogP contribution is 2.40. The molecule has 0 saturated carbocycles. The first kappa shape index (κ1) is 12.5. The van der Waals surface area contributed by atoms with Crippen LogP contribution in [0.25, 0.3) is 0 Å². The van der Waals surface area contributed by atoms with Crippen molar-refractivity contribution in [2.45, 2.75) is 12.5 Å². The number of aliphatic imine (C=N–C) groups is 1. The summed E-state index contributed by atoms with van der Waals surface area (Å²) < 4.78 is 5.63. The highest BCUT2D eigenvalue weighted by molar-refractivity contribution is 8.14. The van der Waals surface area contributed by atoms with Crippen LogP contribution in [0.3, 0.4) is 0 Å². The van der Waals surface area contributed by atoms with Crippen molar-refractivity contribution in [3.8, 4) is 5.75 Å². The summed E-state index contributed by atoms with van der Waals surface area (Å²) >= 11 is 14.0. The maximum absolute atomic E-state index is 6.16. The predicted molar refractivity (Wildman–Crippen MR) is 77.2 cm³/mol. The van der Waals surface area contributed by atoms with E-state index < -0.39 is 0 Å². The molecule has 2 aliphatic heterocycles. The fraction of sp³-hybridized carbons (Fsp3) is 0.417. The van der Waals surface area contributed by atoms with Crippen molar-refractivity contribution < 1.29 is 4.74 Å². The molecule has 1 unspecified atom stereocenters. The zero-order chi connectivity index (χ0) is 12.5. The summed E-state index contributed by atoms with van der Waals surface area (Å²) in [6.45, 7) is 1.54. The van der Waals surface area contributed by atoms with Gasteiger partial charge in [0, 0.05) is 22.8 Å². The number of halogens is 2. The summed E-state index contributed by atoms with van der Waals surface area (Å²) in [5, 5.41) is 5.66. The number of hydrogen-bond donors (Lipinski definition) is 1. The van der Waals surface area contributed by atoms with Gasteiger partial charge in [0.05, 0.1) is 24.2 Å².